The molecule has 0 aromatic heterocycles. The predicted octanol–water partition coefficient (Wildman–Crippen LogP) is 7.14. The molecule has 2 N–H and O–H groups in total. The van der Waals surface area contributed by atoms with Crippen LogP contribution in [0.3, 0.4) is 0 Å². The Morgan fingerprint density at radius 1 is 0.732 bits per heavy atom. The van der Waals surface area contributed by atoms with Crippen LogP contribution in [0, 0.1) is 6.92 Å². The van der Waals surface area contributed by atoms with E-state index in [0.717, 1.165) is 24.3 Å². The van der Waals surface area contributed by atoms with Gasteiger partial charge in [-0.15, -0.1) is 0 Å². The van der Waals surface area contributed by atoms with Gasteiger partial charge in [-0.25, -0.2) is 26.3 Å². The fraction of sp³-hybridized carbons (Fsp3) is 0.556. The summed E-state index contributed by atoms with van der Waals surface area (Å²) in [4.78, 5) is -1.84. The van der Waals surface area contributed by atoms with Crippen LogP contribution in [0.4, 0.5) is 26.3 Å². The van der Waals surface area contributed by atoms with Gasteiger partial charge in [0.2, 0.25) is 20.0 Å². The summed E-state index contributed by atoms with van der Waals surface area (Å²) in [5.74, 6) is -0.582. The smallest absolute Gasteiger partial charge is 0.207 e. The number of halogens is 6. The molecular formula is C27H36F6N2O4S2. The van der Waals surface area contributed by atoms with Gasteiger partial charge >= 0.3 is 12.4 Å². The lowest BCUT2D eigenvalue weighted by molar-refractivity contribution is -0.140. The zero-order valence-electron chi connectivity index (χ0n) is 23.9. The van der Waals surface area contributed by atoms with Crippen molar-refractivity contribution in [3.8, 4) is 0 Å². The van der Waals surface area contributed by atoms with Gasteiger partial charge in [0, 0.05) is 11.1 Å². The van der Waals surface area contributed by atoms with Crippen molar-refractivity contribution in [1.29, 1.82) is 0 Å². The van der Waals surface area contributed by atoms with Gasteiger partial charge < -0.3 is 0 Å². The van der Waals surface area contributed by atoms with Gasteiger partial charge in [-0.05, 0) is 89.6 Å². The van der Waals surface area contributed by atoms with Crippen LogP contribution in [-0.4, -0.2) is 27.9 Å². The summed E-state index contributed by atoms with van der Waals surface area (Å²) in [6.45, 7) is 10.7. The second kappa shape index (κ2) is 11.8. The molecule has 0 spiro atoms. The quantitative estimate of drug-likeness (QED) is 0.258. The Hall–Kier alpha value is -2.16. The summed E-state index contributed by atoms with van der Waals surface area (Å²) in [5, 5.41) is 0. The number of aryl methyl sites for hydroxylation is 1. The molecule has 0 radical (unpaired) electrons. The highest BCUT2D eigenvalue weighted by Gasteiger charge is 2.40. The van der Waals surface area contributed by atoms with E-state index in [-0.39, 0.29) is 24.0 Å². The van der Waals surface area contributed by atoms with Gasteiger partial charge in [0.05, 0.1) is 20.9 Å². The van der Waals surface area contributed by atoms with Gasteiger partial charge in [-0.2, -0.15) is 26.3 Å². The molecule has 6 nitrogen and oxygen atoms in total. The standard InChI is InChI=1S/C27H36F6N2O4S2/c1-8-24(4,5)34-40(36,37)23-12-10-19(16-21(23)27(31,32)33)18(3)13-14-25(6,7)35-41(38,39)22-11-9-17(2)15-20(22)26(28,29)30/h9-12,15-16,18,34-35H,8,13-14H2,1-7H3. The molecule has 0 aliphatic carbocycles. The monoisotopic (exact) mass is 630 g/mol. The molecule has 0 amide bonds. The maximum atomic E-state index is 14.0. The highest BCUT2D eigenvalue weighted by molar-refractivity contribution is 7.89. The molecular weight excluding hydrogens is 594 g/mol. The van der Waals surface area contributed by atoms with Crippen molar-refractivity contribution in [3.05, 3.63) is 58.7 Å². The molecule has 2 rings (SSSR count). The van der Waals surface area contributed by atoms with E-state index in [1.807, 2.05) is 0 Å². The fourth-order valence-corrected chi connectivity index (χ4v) is 7.46. The van der Waals surface area contributed by atoms with Crippen molar-refractivity contribution >= 4 is 20.0 Å². The van der Waals surface area contributed by atoms with E-state index >= 15 is 0 Å². The number of benzene rings is 2. The van der Waals surface area contributed by atoms with E-state index < -0.39 is 70.3 Å². The van der Waals surface area contributed by atoms with E-state index in [0.29, 0.717) is 6.42 Å². The topological polar surface area (TPSA) is 92.3 Å². The van der Waals surface area contributed by atoms with E-state index in [1.54, 1.807) is 27.7 Å². The minimum absolute atomic E-state index is 0.0499. The molecule has 0 bridgehead atoms. The zero-order valence-corrected chi connectivity index (χ0v) is 25.5. The van der Waals surface area contributed by atoms with Gasteiger partial charge in [0.25, 0.3) is 0 Å². The first-order chi connectivity index (χ1) is 18.3. The summed E-state index contributed by atoms with van der Waals surface area (Å²) in [6, 6.07) is 5.80. The Bertz CT molecular complexity index is 1470. The largest absolute Gasteiger partial charge is 0.417 e. The number of alkyl halides is 6. The highest BCUT2D eigenvalue weighted by Crippen LogP contribution is 2.38. The van der Waals surface area contributed by atoms with Crippen LogP contribution < -0.4 is 9.44 Å². The van der Waals surface area contributed by atoms with Crippen LogP contribution in [0.25, 0.3) is 0 Å². The highest BCUT2D eigenvalue weighted by atomic mass is 32.2. The van der Waals surface area contributed by atoms with E-state index in [9.17, 15) is 43.2 Å². The molecule has 2 aromatic carbocycles. The third kappa shape index (κ3) is 9.16. The zero-order chi connectivity index (χ0) is 31.8. The SMILES string of the molecule is CCC(C)(C)NS(=O)(=O)c1ccc(C(C)CCC(C)(C)NS(=O)(=O)c2ccc(C)cc2C(F)(F)F)cc1C(F)(F)F. The predicted molar refractivity (Wildman–Crippen MR) is 144 cm³/mol. The summed E-state index contributed by atoms with van der Waals surface area (Å²) in [5.41, 5.74) is -4.49. The molecule has 41 heavy (non-hydrogen) atoms. The second-order valence-corrected chi connectivity index (χ2v) is 14.8. The average molecular weight is 631 g/mol. The van der Waals surface area contributed by atoms with E-state index in [1.165, 1.54) is 32.9 Å². The Morgan fingerprint density at radius 2 is 1.17 bits per heavy atom. The van der Waals surface area contributed by atoms with Crippen LogP contribution in [0.5, 0.6) is 0 Å². The minimum Gasteiger partial charge on any atom is -0.207 e. The average Bonchev–Trinajstić information content (AvgIpc) is 2.79. The lowest BCUT2D eigenvalue weighted by Gasteiger charge is -2.28. The fourth-order valence-electron chi connectivity index (χ4n) is 4.11. The Morgan fingerprint density at radius 3 is 1.63 bits per heavy atom. The molecule has 0 aliphatic rings. The molecule has 0 fully saturated rings. The summed E-state index contributed by atoms with van der Waals surface area (Å²) in [6.07, 6.45) is -9.36. The van der Waals surface area contributed by atoms with Gasteiger partial charge in [0.15, 0.2) is 0 Å². The van der Waals surface area contributed by atoms with Crippen molar-refractivity contribution in [1.82, 2.24) is 9.44 Å². The summed E-state index contributed by atoms with van der Waals surface area (Å²) in [7, 11) is -9.13. The molecule has 1 atom stereocenters. The molecule has 0 saturated heterocycles. The third-order valence-electron chi connectivity index (χ3n) is 6.81. The Labute approximate surface area is 238 Å². The number of hydrogen-bond donors (Lipinski definition) is 2. The van der Waals surface area contributed by atoms with Crippen molar-refractivity contribution in [2.45, 2.75) is 107 Å². The van der Waals surface area contributed by atoms with Gasteiger partial charge in [0.1, 0.15) is 0 Å². The number of hydrogen-bond acceptors (Lipinski definition) is 4. The van der Waals surface area contributed by atoms with E-state index in [2.05, 4.69) is 9.44 Å². The summed E-state index contributed by atoms with van der Waals surface area (Å²) >= 11 is 0. The van der Waals surface area contributed by atoms with Gasteiger partial charge in [-0.1, -0.05) is 31.5 Å². The van der Waals surface area contributed by atoms with Crippen LogP contribution in [0.15, 0.2) is 46.2 Å². The molecule has 1 unspecified atom stereocenters. The molecule has 0 aliphatic heterocycles. The maximum absolute atomic E-state index is 14.0. The normalized spacial score (nSPS) is 14.8. The van der Waals surface area contributed by atoms with Crippen LogP contribution >= 0.6 is 0 Å². The van der Waals surface area contributed by atoms with Gasteiger partial charge in [-0.3, -0.25) is 0 Å². The minimum atomic E-state index is -4.98. The Balaban J connectivity index is 2.32. The van der Waals surface area contributed by atoms with Crippen LogP contribution in [0.2, 0.25) is 0 Å². The first-order valence-corrected chi connectivity index (χ1v) is 15.7. The molecule has 14 heteroatoms. The summed E-state index contributed by atoms with van der Waals surface area (Å²) < 4.78 is 139. The van der Waals surface area contributed by atoms with E-state index in [4.69, 9.17) is 0 Å². The molecule has 232 valence electrons. The van der Waals surface area contributed by atoms with Crippen LogP contribution in [-0.2, 0) is 32.4 Å². The van der Waals surface area contributed by atoms with Crippen molar-refractivity contribution in [2.75, 3.05) is 0 Å². The molecule has 2 aromatic rings. The lowest BCUT2D eigenvalue weighted by atomic mass is 9.89. The maximum Gasteiger partial charge on any atom is 0.417 e. The molecule has 0 heterocycles. The number of rotatable bonds is 11. The Kier molecular flexibility index (Phi) is 10.1. The number of sulfonamides is 2. The second-order valence-electron chi connectivity index (χ2n) is 11.5. The van der Waals surface area contributed by atoms with Crippen molar-refractivity contribution in [3.63, 3.8) is 0 Å². The van der Waals surface area contributed by atoms with Crippen molar-refractivity contribution in [2.24, 2.45) is 0 Å². The van der Waals surface area contributed by atoms with Crippen molar-refractivity contribution < 1.29 is 43.2 Å². The lowest BCUT2D eigenvalue weighted by Crippen LogP contribution is -2.44. The molecule has 0 saturated carbocycles. The first kappa shape index (κ1) is 35.0. The van der Waals surface area contributed by atoms with Crippen LogP contribution in [0.1, 0.15) is 89.0 Å². The third-order valence-corrected chi connectivity index (χ3v) is 10.3. The number of nitrogens with one attached hydrogen (secondary N) is 2. The first-order valence-electron chi connectivity index (χ1n) is 12.8.